The van der Waals surface area contributed by atoms with E-state index in [1.165, 1.54) is 7.11 Å². The van der Waals surface area contributed by atoms with Gasteiger partial charge in [-0.2, -0.15) is 5.10 Å². The molecule has 0 saturated heterocycles. The lowest BCUT2D eigenvalue weighted by Gasteiger charge is -2.05. The zero-order valence-electron chi connectivity index (χ0n) is 11.5. The summed E-state index contributed by atoms with van der Waals surface area (Å²) >= 11 is 0. The van der Waals surface area contributed by atoms with E-state index in [0.717, 1.165) is 11.3 Å². The summed E-state index contributed by atoms with van der Waals surface area (Å²) < 4.78 is 12.0. The van der Waals surface area contributed by atoms with Crippen LogP contribution in [0.15, 0.2) is 42.7 Å². The van der Waals surface area contributed by atoms with Crippen LogP contribution in [0.4, 0.5) is 0 Å². The van der Waals surface area contributed by atoms with Crippen LogP contribution in [0.25, 0.3) is 0 Å². The van der Waals surface area contributed by atoms with Crippen molar-refractivity contribution in [2.75, 3.05) is 13.7 Å². The van der Waals surface area contributed by atoms with E-state index in [0.29, 0.717) is 26.0 Å². The predicted molar refractivity (Wildman–Crippen MR) is 74.5 cm³/mol. The van der Waals surface area contributed by atoms with E-state index in [2.05, 4.69) is 9.84 Å². The van der Waals surface area contributed by atoms with Crippen LogP contribution in [0.5, 0.6) is 5.75 Å². The van der Waals surface area contributed by atoms with Gasteiger partial charge in [0.2, 0.25) is 0 Å². The molecule has 2 aromatic rings. The summed E-state index contributed by atoms with van der Waals surface area (Å²) in [7, 11) is 1.40. The molecule has 0 spiro atoms. The van der Waals surface area contributed by atoms with E-state index in [1.54, 1.807) is 6.20 Å². The lowest BCUT2D eigenvalue weighted by molar-refractivity contribution is -0.140. The van der Waals surface area contributed by atoms with Gasteiger partial charge in [-0.15, -0.1) is 0 Å². The third-order valence-corrected chi connectivity index (χ3v) is 2.86. The first-order valence-electron chi connectivity index (χ1n) is 6.54. The topological polar surface area (TPSA) is 53.3 Å². The highest BCUT2D eigenvalue weighted by molar-refractivity contribution is 5.69. The van der Waals surface area contributed by atoms with Crippen molar-refractivity contribution >= 4 is 5.97 Å². The minimum Gasteiger partial charge on any atom is -0.492 e. The van der Waals surface area contributed by atoms with Crippen molar-refractivity contribution in [1.29, 1.82) is 0 Å². The summed E-state index contributed by atoms with van der Waals surface area (Å²) in [6.45, 7) is 1.23. The average molecular weight is 274 g/mol. The molecule has 5 heteroatoms. The molecule has 1 aromatic carbocycles. The lowest BCUT2D eigenvalue weighted by atomic mass is 10.2. The Morgan fingerprint density at radius 3 is 2.85 bits per heavy atom. The van der Waals surface area contributed by atoms with Gasteiger partial charge in [-0.05, 0) is 24.1 Å². The number of benzene rings is 1. The van der Waals surface area contributed by atoms with Gasteiger partial charge in [0.25, 0.3) is 0 Å². The highest BCUT2D eigenvalue weighted by Gasteiger charge is 2.04. The number of hydrogen-bond acceptors (Lipinski definition) is 4. The normalized spacial score (nSPS) is 10.2. The Kier molecular flexibility index (Phi) is 5.17. The number of ether oxygens (including phenoxy) is 2. The molecule has 0 saturated carbocycles. The van der Waals surface area contributed by atoms with E-state index in [4.69, 9.17) is 4.74 Å². The average Bonchev–Trinajstić information content (AvgIpc) is 2.94. The van der Waals surface area contributed by atoms with Crippen LogP contribution in [0.1, 0.15) is 12.0 Å². The Labute approximate surface area is 118 Å². The molecule has 0 aliphatic carbocycles. The van der Waals surface area contributed by atoms with Crippen molar-refractivity contribution < 1.29 is 14.3 Å². The number of carbonyl (C=O) groups is 1. The number of rotatable bonds is 7. The van der Waals surface area contributed by atoms with Gasteiger partial charge in [-0.25, -0.2) is 0 Å². The molecular formula is C15H18N2O3. The number of carbonyl (C=O) groups excluding carboxylic acids is 1. The standard InChI is InChI=1S/C15H18N2O3/c1-19-15(18)8-7-13-11-16-17(12-13)9-10-20-14-5-3-2-4-6-14/h2-6,11-12H,7-10H2,1H3. The van der Waals surface area contributed by atoms with Crippen LogP contribution in [0, 0.1) is 0 Å². The van der Waals surface area contributed by atoms with Gasteiger partial charge in [0.1, 0.15) is 12.4 Å². The quantitative estimate of drug-likeness (QED) is 0.725. The fraction of sp³-hybridized carbons (Fsp3) is 0.333. The molecule has 0 fully saturated rings. The lowest BCUT2D eigenvalue weighted by Crippen LogP contribution is -2.08. The van der Waals surface area contributed by atoms with Crippen LogP contribution in [0.2, 0.25) is 0 Å². The number of aromatic nitrogens is 2. The summed E-state index contributed by atoms with van der Waals surface area (Å²) in [5.41, 5.74) is 1.02. The second kappa shape index (κ2) is 7.33. The molecule has 0 N–H and O–H groups in total. The third kappa shape index (κ3) is 4.42. The molecule has 1 heterocycles. The smallest absolute Gasteiger partial charge is 0.305 e. The third-order valence-electron chi connectivity index (χ3n) is 2.86. The number of aryl methyl sites for hydroxylation is 1. The number of methoxy groups -OCH3 is 1. The van der Waals surface area contributed by atoms with Gasteiger partial charge in [0.15, 0.2) is 0 Å². The largest absolute Gasteiger partial charge is 0.492 e. The highest BCUT2D eigenvalue weighted by Crippen LogP contribution is 2.08. The minimum atomic E-state index is -0.204. The molecule has 106 valence electrons. The summed E-state index contributed by atoms with van der Waals surface area (Å²) in [5.74, 6) is 0.649. The van der Waals surface area contributed by atoms with Crippen molar-refractivity contribution in [3.8, 4) is 5.75 Å². The van der Waals surface area contributed by atoms with Gasteiger partial charge in [-0.1, -0.05) is 18.2 Å². The molecule has 1 aromatic heterocycles. The molecule has 20 heavy (non-hydrogen) atoms. The van der Waals surface area contributed by atoms with Gasteiger partial charge in [0, 0.05) is 12.6 Å². The van der Waals surface area contributed by atoms with E-state index in [1.807, 2.05) is 41.2 Å². The SMILES string of the molecule is COC(=O)CCc1cnn(CCOc2ccccc2)c1. The van der Waals surface area contributed by atoms with E-state index < -0.39 is 0 Å². The molecule has 5 nitrogen and oxygen atoms in total. The molecule has 0 aliphatic rings. The zero-order valence-corrected chi connectivity index (χ0v) is 11.5. The molecule has 0 unspecified atom stereocenters. The first kappa shape index (κ1) is 14.1. The fourth-order valence-corrected chi connectivity index (χ4v) is 1.78. The highest BCUT2D eigenvalue weighted by atomic mass is 16.5. The Hall–Kier alpha value is -2.30. The van der Waals surface area contributed by atoms with Gasteiger partial charge >= 0.3 is 5.97 Å². The number of para-hydroxylation sites is 1. The van der Waals surface area contributed by atoms with Crippen LogP contribution in [-0.4, -0.2) is 29.5 Å². The van der Waals surface area contributed by atoms with Crippen molar-refractivity contribution in [3.63, 3.8) is 0 Å². The van der Waals surface area contributed by atoms with E-state index >= 15 is 0 Å². The van der Waals surface area contributed by atoms with Gasteiger partial charge < -0.3 is 9.47 Å². The maximum absolute atomic E-state index is 11.1. The number of esters is 1. The van der Waals surface area contributed by atoms with Gasteiger partial charge in [0.05, 0.1) is 19.9 Å². The van der Waals surface area contributed by atoms with Crippen molar-refractivity contribution in [3.05, 3.63) is 48.3 Å². The van der Waals surface area contributed by atoms with Crippen LogP contribution in [0.3, 0.4) is 0 Å². The Balaban J connectivity index is 1.74. The molecule has 0 atom stereocenters. The minimum absolute atomic E-state index is 0.204. The summed E-state index contributed by atoms with van der Waals surface area (Å²) in [5, 5.41) is 4.24. The van der Waals surface area contributed by atoms with Crippen molar-refractivity contribution in [2.45, 2.75) is 19.4 Å². The first-order chi connectivity index (χ1) is 9.78. The van der Waals surface area contributed by atoms with Crippen molar-refractivity contribution in [1.82, 2.24) is 9.78 Å². The summed E-state index contributed by atoms with van der Waals surface area (Å²) in [6, 6.07) is 9.67. The molecule has 2 rings (SSSR count). The first-order valence-corrected chi connectivity index (χ1v) is 6.54. The Morgan fingerprint density at radius 2 is 2.10 bits per heavy atom. The summed E-state index contributed by atoms with van der Waals surface area (Å²) in [4.78, 5) is 11.1. The monoisotopic (exact) mass is 274 g/mol. The second-order valence-corrected chi connectivity index (χ2v) is 4.35. The molecule has 0 amide bonds. The Bertz CT molecular complexity index is 537. The molecular weight excluding hydrogens is 256 g/mol. The van der Waals surface area contributed by atoms with Crippen molar-refractivity contribution in [2.24, 2.45) is 0 Å². The predicted octanol–water partition coefficient (Wildman–Crippen LogP) is 2.07. The maximum atomic E-state index is 11.1. The summed E-state index contributed by atoms with van der Waals surface area (Å²) in [6.07, 6.45) is 4.72. The van der Waals surface area contributed by atoms with E-state index in [-0.39, 0.29) is 5.97 Å². The van der Waals surface area contributed by atoms with Crippen LogP contribution < -0.4 is 4.74 Å². The number of nitrogens with zero attached hydrogens (tertiary/aromatic N) is 2. The molecule has 0 radical (unpaired) electrons. The van der Waals surface area contributed by atoms with Crippen LogP contribution in [-0.2, 0) is 22.5 Å². The Morgan fingerprint density at radius 1 is 1.30 bits per heavy atom. The molecule has 0 aliphatic heterocycles. The zero-order chi connectivity index (χ0) is 14.2. The fourth-order valence-electron chi connectivity index (χ4n) is 1.78. The van der Waals surface area contributed by atoms with Gasteiger partial charge in [-0.3, -0.25) is 9.48 Å². The second-order valence-electron chi connectivity index (χ2n) is 4.35. The number of hydrogen-bond donors (Lipinski definition) is 0. The molecule has 0 bridgehead atoms. The maximum Gasteiger partial charge on any atom is 0.305 e. The van der Waals surface area contributed by atoms with E-state index in [9.17, 15) is 4.79 Å². The van der Waals surface area contributed by atoms with Crippen LogP contribution >= 0.6 is 0 Å².